The number of carboxylic acid groups (broad SMARTS) is 1. The molecule has 2 aromatic carbocycles. The van der Waals surface area contributed by atoms with Crippen LogP contribution < -0.4 is 5.73 Å². The van der Waals surface area contributed by atoms with Crippen LogP contribution in [-0.4, -0.2) is 11.1 Å². The predicted octanol–water partition coefficient (Wildman–Crippen LogP) is 2.91. The Hall–Kier alpha value is -2.43. The summed E-state index contributed by atoms with van der Waals surface area (Å²) in [4.78, 5) is 10.6. The van der Waals surface area contributed by atoms with Crippen molar-refractivity contribution in [1.82, 2.24) is 0 Å². The highest BCUT2D eigenvalue weighted by atomic mass is 19.1. The van der Waals surface area contributed by atoms with Crippen LogP contribution in [0.2, 0.25) is 0 Å². The lowest BCUT2D eigenvalue weighted by Gasteiger charge is -2.06. The molecule has 0 heterocycles. The van der Waals surface area contributed by atoms with Gasteiger partial charge in [-0.3, -0.25) is 0 Å². The first-order valence-corrected chi connectivity index (χ1v) is 5.07. The number of hydrogen-bond acceptors (Lipinski definition) is 2. The molecule has 0 radical (unpaired) electrons. The fourth-order valence-corrected chi connectivity index (χ4v) is 1.64. The summed E-state index contributed by atoms with van der Waals surface area (Å²) in [6.45, 7) is 0. The van der Waals surface area contributed by atoms with Gasteiger partial charge < -0.3 is 10.8 Å². The highest BCUT2D eigenvalue weighted by molar-refractivity contribution is 5.89. The lowest BCUT2D eigenvalue weighted by Crippen LogP contribution is -2.02. The molecule has 0 aliphatic carbocycles. The van der Waals surface area contributed by atoms with Gasteiger partial charge in [-0.2, -0.15) is 0 Å². The number of aromatic carboxylic acids is 1. The molecule has 3 nitrogen and oxygen atoms in total. The van der Waals surface area contributed by atoms with E-state index in [9.17, 15) is 13.6 Å². The van der Waals surface area contributed by atoms with E-state index in [2.05, 4.69) is 0 Å². The quantitative estimate of drug-likeness (QED) is 0.804. The van der Waals surface area contributed by atoms with Gasteiger partial charge in [-0.25, -0.2) is 13.6 Å². The Labute approximate surface area is 101 Å². The van der Waals surface area contributed by atoms with E-state index in [4.69, 9.17) is 10.8 Å². The third kappa shape index (κ3) is 2.15. The standard InChI is InChI=1S/C13H9F2NO2/c14-11-6-10(13(17)18)12(15)5-9(11)7-2-1-3-8(16)4-7/h1-6H,16H2,(H,17,18). The molecule has 0 saturated heterocycles. The second-order valence-electron chi connectivity index (χ2n) is 3.74. The minimum atomic E-state index is -1.51. The fourth-order valence-electron chi connectivity index (χ4n) is 1.64. The van der Waals surface area contributed by atoms with Crippen molar-refractivity contribution in [3.05, 3.63) is 53.6 Å². The zero-order valence-corrected chi connectivity index (χ0v) is 9.15. The summed E-state index contributed by atoms with van der Waals surface area (Å²) >= 11 is 0. The van der Waals surface area contributed by atoms with Crippen molar-refractivity contribution in [3.8, 4) is 11.1 Å². The maximum Gasteiger partial charge on any atom is 0.338 e. The minimum Gasteiger partial charge on any atom is -0.478 e. The molecule has 92 valence electrons. The second-order valence-corrected chi connectivity index (χ2v) is 3.74. The third-order valence-corrected chi connectivity index (χ3v) is 2.48. The monoisotopic (exact) mass is 249 g/mol. The fraction of sp³-hybridized carbons (Fsp3) is 0. The Morgan fingerprint density at radius 2 is 1.83 bits per heavy atom. The third-order valence-electron chi connectivity index (χ3n) is 2.48. The molecule has 0 atom stereocenters. The van der Waals surface area contributed by atoms with Crippen molar-refractivity contribution in [2.45, 2.75) is 0 Å². The number of hydrogen-bond donors (Lipinski definition) is 2. The zero-order chi connectivity index (χ0) is 13.3. The SMILES string of the molecule is Nc1cccc(-c2cc(F)c(C(=O)O)cc2F)c1. The molecule has 18 heavy (non-hydrogen) atoms. The molecule has 0 amide bonds. The van der Waals surface area contributed by atoms with Crippen molar-refractivity contribution in [1.29, 1.82) is 0 Å². The van der Waals surface area contributed by atoms with E-state index < -0.39 is 23.2 Å². The van der Waals surface area contributed by atoms with Gasteiger partial charge in [0.05, 0.1) is 5.56 Å². The van der Waals surface area contributed by atoms with Crippen LogP contribution in [0, 0.1) is 11.6 Å². The van der Waals surface area contributed by atoms with Crippen LogP contribution in [-0.2, 0) is 0 Å². The molecular formula is C13H9F2NO2. The average molecular weight is 249 g/mol. The summed E-state index contributed by atoms with van der Waals surface area (Å²) in [5.41, 5.74) is 5.64. The molecule has 0 unspecified atom stereocenters. The molecule has 0 fully saturated rings. The Morgan fingerprint density at radius 1 is 1.11 bits per heavy atom. The van der Waals surface area contributed by atoms with Crippen LogP contribution in [0.1, 0.15) is 10.4 Å². The lowest BCUT2D eigenvalue weighted by atomic mass is 10.0. The van der Waals surface area contributed by atoms with Crippen molar-refractivity contribution in [3.63, 3.8) is 0 Å². The first-order chi connectivity index (χ1) is 8.49. The van der Waals surface area contributed by atoms with E-state index in [1.165, 1.54) is 6.07 Å². The number of rotatable bonds is 2. The van der Waals surface area contributed by atoms with Gasteiger partial charge in [-0.05, 0) is 29.8 Å². The number of nitrogens with two attached hydrogens (primary N) is 1. The van der Waals surface area contributed by atoms with Crippen molar-refractivity contribution in [2.75, 3.05) is 5.73 Å². The average Bonchev–Trinajstić information content (AvgIpc) is 2.31. The van der Waals surface area contributed by atoms with Gasteiger partial charge in [-0.15, -0.1) is 0 Å². The molecule has 0 aliphatic heterocycles. The van der Waals surface area contributed by atoms with Gasteiger partial charge >= 0.3 is 5.97 Å². The summed E-state index contributed by atoms with van der Waals surface area (Å²) in [6.07, 6.45) is 0. The molecule has 0 aromatic heterocycles. The first kappa shape index (κ1) is 12.0. The number of carbonyl (C=O) groups is 1. The maximum absolute atomic E-state index is 13.7. The van der Waals surface area contributed by atoms with Crippen molar-refractivity contribution >= 4 is 11.7 Å². The van der Waals surface area contributed by atoms with Crippen LogP contribution in [0.15, 0.2) is 36.4 Å². The number of nitrogen functional groups attached to an aromatic ring is 1. The van der Waals surface area contributed by atoms with Crippen LogP contribution >= 0.6 is 0 Å². The Bertz CT molecular complexity index is 626. The van der Waals surface area contributed by atoms with Gasteiger partial charge in [0.25, 0.3) is 0 Å². The molecular weight excluding hydrogens is 240 g/mol. The summed E-state index contributed by atoms with van der Waals surface area (Å²) < 4.78 is 27.2. The van der Waals surface area contributed by atoms with Gasteiger partial charge in [0.2, 0.25) is 0 Å². The van der Waals surface area contributed by atoms with Crippen LogP contribution in [0.5, 0.6) is 0 Å². The normalized spacial score (nSPS) is 10.3. The lowest BCUT2D eigenvalue weighted by molar-refractivity contribution is 0.0691. The predicted molar refractivity (Wildman–Crippen MR) is 63.2 cm³/mol. The first-order valence-electron chi connectivity index (χ1n) is 5.07. The number of anilines is 1. The molecule has 0 bridgehead atoms. The largest absolute Gasteiger partial charge is 0.478 e. The van der Waals surface area contributed by atoms with Gasteiger partial charge in [0.15, 0.2) is 0 Å². The van der Waals surface area contributed by atoms with Crippen LogP contribution in [0.25, 0.3) is 11.1 Å². The maximum atomic E-state index is 13.7. The Morgan fingerprint density at radius 3 is 2.44 bits per heavy atom. The number of carboxylic acids is 1. The van der Waals surface area contributed by atoms with E-state index in [0.29, 0.717) is 17.3 Å². The van der Waals surface area contributed by atoms with E-state index in [1.807, 2.05) is 0 Å². The van der Waals surface area contributed by atoms with Gasteiger partial charge in [-0.1, -0.05) is 12.1 Å². The summed E-state index contributed by atoms with van der Waals surface area (Å²) in [6, 6.07) is 7.78. The van der Waals surface area contributed by atoms with Gasteiger partial charge in [0.1, 0.15) is 11.6 Å². The minimum absolute atomic E-state index is 0.0233. The van der Waals surface area contributed by atoms with Crippen LogP contribution in [0.4, 0.5) is 14.5 Å². The topological polar surface area (TPSA) is 63.3 Å². The summed E-state index contributed by atoms with van der Waals surface area (Å²) in [5.74, 6) is -3.30. The van der Waals surface area contributed by atoms with Crippen LogP contribution in [0.3, 0.4) is 0 Å². The second kappa shape index (κ2) is 4.44. The van der Waals surface area contributed by atoms with E-state index in [1.54, 1.807) is 18.2 Å². The van der Waals surface area contributed by atoms with E-state index in [-0.39, 0.29) is 5.56 Å². The highest BCUT2D eigenvalue weighted by Crippen LogP contribution is 2.26. The molecule has 5 heteroatoms. The number of halogens is 2. The summed E-state index contributed by atoms with van der Waals surface area (Å²) in [7, 11) is 0. The summed E-state index contributed by atoms with van der Waals surface area (Å²) in [5, 5.41) is 8.67. The molecule has 0 saturated carbocycles. The molecule has 2 aromatic rings. The number of benzene rings is 2. The molecule has 2 rings (SSSR count). The zero-order valence-electron chi connectivity index (χ0n) is 9.15. The Balaban J connectivity index is 2.60. The van der Waals surface area contributed by atoms with Gasteiger partial charge in [0, 0.05) is 11.3 Å². The molecule has 0 spiro atoms. The van der Waals surface area contributed by atoms with Crippen molar-refractivity contribution < 1.29 is 18.7 Å². The Kier molecular flexibility index (Phi) is 2.97. The molecule has 0 aliphatic rings. The molecule has 3 N–H and O–H groups in total. The smallest absolute Gasteiger partial charge is 0.338 e. The highest BCUT2D eigenvalue weighted by Gasteiger charge is 2.16. The van der Waals surface area contributed by atoms with E-state index >= 15 is 0 Å². The van der Waals surface area contributed by atoms with E-state index in [0.717, 1.165) is 6.07 Å². The van der Waals surface area contributed by atoms with Crippen molar-refractivity contribution in [2.24, 2.45) is 0 Å².